The number of likely N-dealkylation sites (N-methyl/N-ethyl adjacent to an activating group) is 1. The molecule has 6 nitrogen and oxygen atoms in total. The van der Waals surface area contributed by atoms with Gasteiger partial charge in [-0.3, -0.25) is 9.69 Å². The van der Waals surface area contributed by atoms with Crippen LogP contribution in [-0.4, -0.2) is 62.5 Å². The van der Waals surface area contributed by atoms with E-state index in [1.165, 1.54) is 7.11 Å². The molecule has 1 rings (SSSR count). The van der Waals surface area contributed by atoms with Gasteiger partial charge in [0.1, 0.15) is 5.75 Å². The van der Waals surface area contributed by atoms with Crippen LogP contribution in [0.15, 0.2) is 24.3 Å². The molecular formula is C15H24N2O4. The number of hydrogen-bond acceptors (Lipinski definition) is 5. The summed E-state index contributed by atoms with van der Waals surface area (Å²) in [7, 11) is 3.30. The molecule has 0 saturated carbocycles. The number of para-hydroxylation sites is 2. The van der Waals surface area contributed by atoms with Crippen LogP contribution in [0.3, 0.4) is 0 Å². The van der Waals surface area contributed by atoms with Gasteiger partial charge >= 0.3 is 0 Å². The molecule has 0 bridgehead atoms. The summed E-state index contributed by atoms with van der Waals surface area (Å²) in [6, 6.07) is 7.30. The van der Waals surface area contributed by atoms with Gasteiger partial charge in [-0.2, -0.15) is 0 Å². The fraction of sp³-hybridized carbons (Fsp3) is 0.533. The van der Waals surface area contributed by atoms with Crippen molar-refractivity contribution >= 4 is 11.6 Å². The smallest absolute Gasteiger partial charge is 0.238 e. The standard InChI is InChI=1S/C15H24N2O4/c1-4-21-14-8-6-5-7-13(14)16-15(19)10-17(2)9-12(18)11-20-3/h5-8,12,18H,4,9-11H2,1-3H3,(H,16,19). The van der Waals surface area contributed by atoms with Gasteiger partial charge < -0.3 is 19.9 Å². The van der Waals surface area contributed by atoms with Crippen LogP contribution in [-0.2, 0) is 9.53 Å². The molecule has 0 aliphatic carbocycles. The molecule has 1 amide bonds. The molecule has 0 aliphatic rings. The molecule has 118 valence electrons. The molecule has 6 heteroatoms. The minimum absolute atomic E-state index is 0.158. The van der Waals surface area contributed by atoms with Crippen LogP contribution in [0.5, 0.6) is 5.75 Å². The Bertz CT molecular complexity index is 439. The zero-order valence-electron chi connectivity index (χ0n) is 12.8. The Kier molecular flexibility index (Phi) is 7.74. The number of nitrogens with zero attached hydrogens (tertiary/aromatic N) is 1. The summed E-state index contributed by atoms with van der Waals surface area (Å²) >= 11 is 0. The van der Waals surface area contributed by atoms with Crippen molar-refractivity contribution in [1.29, 1.82) is 0 Å². The van der Waals surface area contributed by atoms with Gasteiger partial charge in [0, 0.05) is 13.7 Å². The number of anilines is 1. The van der Waals surface area contributed by atoms with E-state index in [2.05, 4.69) is 5.32 Å². The van der Waals surface area contributed by atoms with Gasteiger partial charge in [0.25, 0.3) is 0 Å². The third-order valence-electron chi connectivity index (χ3n) is 2.76. The maximum atomic E-state index is 12.0. The monoisotopic (exact) mass is 296 g/mol. The predicted octanol–water partition coefficient (Wildman–Crippen LogP) is 0.963. The molecule has 0 spiro atoms. The Hall–Kier alpha value is -1.63. The minimum atomic E-state index is -0.608. The number of aliphatic hydroxyl groups is 1. The molecule has 2 N–H and O–H groups in total. The summed E-state index contributed by atoms with van der Waals surface area (Å²) in [4.78, 5) is 13.7. The molecule has 0 saturated heterocycles. The van der Waals surface area contributed by atoms with Gasteiger partial charge in [-0.25, -0.2) is 0 Å². The van der Waals surface area contributed by atoms with Gasteiger partial charge in [-0.1, -0.05) is 12.1 Å². The van der Waals surface area contributed by atoms with Gasteiger partial charge in [0.2, 0.25) is 5.91 Å². The Balaban J connectivity index is 2.50. The predicted molar refractivity (Wildman–Crippen MR) is 81.6 cm³/mol. The third kappa shape index (κ3) is 6.57. The second-order valence-electron chi connectivity index (χ2n) is 4.78. The molecule has 21 heavy (non-hydrogen) atoms. The normalized spacial score (nSPS) is 12.2. The molecule has 0 heterocycles. The summed E-state index contributed by atoms with van der Waals surface area (Å²) in [5.41, 5.74) is 0.648. The highest BCUT2D eigenvalue weighted by Crippen LogP contribution is 2.23. The summed E-state index contributed by atoms with van der Waals surface area (Å²) in [5, 5.41) is 12.4. The second kappa shape index (κ2) is 9.33. The van der Waals surface area contributed by atoms with E-state index in [4.69, 9.17) is 9.47 Å². The van der Waals surface area contributed by atoms with Gasteiger partial charge in [0.05, 0.1) is 31.5 Å². The van der Waals surface area contributed by atoms with Crippen molar-refractivity contribution < 1.29 is 19.4 Å². The lowest BCUT2D eigenvalue weighted by molar-refractivity contribution is -0.117. The lowest BCUT2D eigenvalue weighted by atomic mass is 10.3. The molecule has 1 aromatic carbocycles. The van der Waals surface area contributed by atoms with E-state index in [1.807, 2.05) is 25.1 Å². The number of aliphatic hydroxyl groups excluding tert-OH is 1. The van der Waals surface area contributed by atoms with Crippen LogP contribution < -0.4 is 10.1 Å². The van der Waals surface area contributed by atoms with Gasteiger partial charge in [0.15, 0.2) is 0 Å². The molecule has 1 atom stereocenters. The summed E-state index contributed by atoms with van der Waals surface area (Å²) in [5.74, 6) is 0.490. The molecule has 0 radical (unpaired) electrons. The summed E-state index contributed by atoms with van der Waals surface area (Å²) in [6.45, 7) is 3.23. The highest BCUT2D eigenvalue weighted by atomic mass is 16.5. The van der Waals surface area contributed by atoms with Crippen molar-refractivity contribution in [2.75, 3.05) is 45.8 Å². The van der Waals surface area contributed by atoms with Crippen LogP contribution >= 0.6 is 0 Å². The van der Waals surface area contributed by atoms with Gasteiger partial charge in [-0.15, -0.1) is 0 Å². The lowest BCUT2D eigenvalue weighted by Gasteiger charge is -2.20. The molecule has 0 aliphatic heterocycles. The maximum absolute atomic E-state index is 12.0. The van der Waals surface area contributed by atoms with E-state index < -0.39 is 6.10 Å². The van der Waals surface area contributed by atoms with Crippen LogP contribution in [0, 0.1) is 0 Å². The Labute approximate surface area is 125 Å². The summed E-state index contributed by atoms with van der Waals surface area (Å²) < 4.78 is 10.3. The second-order valence-corrected chi connectivity index (χ2v) is 4.78. The average Bonchev–Trinajstić information content (AvgIpc) is 2.41. The number of benzene rings is 1. The first-order valence-corrected chi connectivity index (χ1v) is 6.94. The molecular weight excluding hydrogens is 272 g/mol. The maximum Gasteiger partial charge on any atom is 0.238 e. The van der Waals surface area contributed by atoms with E-state index in [0.717, 1.165) is 0 Å². The van der Waals surface area contributed by atoms with E-state index in [0.29, 0.717) is 24.6 Å². The topological polar surface area (TPSA) is 71.0 Å². The minimum Gasteiger partial charge on any atom is -0.492 e. The van der Waals surface area contributed by atoms with Crippen molar-refractivity contribution in [3.05, 3.63) is 24.3 Å². The SMILES string of the molecule is CCOc1ccccc1NC(=O)CN(C)CC(O)COC. The largest absolute Gasteiger partial charge is 0.492 e. The van der Waals surface area contributed by atoms with E-state index in [9.17, 15) is 9.90 Å². The number of ether oxygens (including phenoxy) is 2. The lowest BCUT2D eigenvalue weighted by Crippen LogP contribution is -2.37. The first-order valence-electron chi connectivity index (χ1n) is 6.94. The zero-order chi connectivity index (χ0) is 15.7. The van der Waals surface area contributed by atoms with Crippen molar-refractivity contribution in [2.45, 2.75) is 13.0 Å². The number of hydrogen-bond donors (Lipinski definition) is 2. The van der Waals surface area contributed by atoms with E-state index in [-0.39, 0.29) is 19.1 Å². The third-order valence-corrected chi connectivity index (χ3v) is 2.76. The quantitative estimate of drug-likeness (QED) is 0.710. The van der Waals surface area contributed by atoms with Crippen LogP contribution in [0.25, 0.3) is 0 Å². The Morgan fingerprint density at radius 1 is 1.43 bits per heavy atom. The van der Waals surface area contributed by atoms with Crippen LogP contribution in [0.2, 0.25) is 0 Å². The first-order chi connectivity index (χ1) is 10.1. The number of carbonyl (C=O) groups is 1. The van der Waals surface area contributed by atoms with Gasteiger partial charge in [-0.05, 0) is 26.1 Å². The van der Waals surface area contributed by atoms with Crippen molar-refractivity contribution in [3.63, 3.8) is 0 Å². The number of methoxy groups -OCH3 is 1. The number of amides is 1. The first kappa shape index (κ1) is 17.4. The molecule has 1 aromatic rings. The fourth-order valence-corrected chi connectivity index (χ4v) is 1.96. The van der Waals surface area contributed by atoms with E-state index in [1.54, 1.807) is 18.0 Å². The highest BCUT2D eigenvalue weighted by Gasteiger charge is 2.13. The zero-order valence-corrected chi connectivity index (χ0v) is 12.8. The van der Waals surface area contributed by atoms with Crippen LogP contribution in [0.1, 0.15) is 6.92 Å². The molecule has 0 aromatic heterocycles. The van der Waals surface area contributed by atoms with Crippen molar-refractivity contribution in [3.8, 4) is 5.75 Å². The molecule has 0 fully saturated rings. The Morgan fingerprint density at radius 2 is 2.14 bits per heavy atom. The van der Waals surface area contributed by atoms with E-state index >= 15 is 0 Å². The van der Waals surface area contributed by atoms with Crippen molar-refractivity contribution in [2.24, 2.45) is 0 Å². The Morgan fingerprint density at radius 3 is 2.81 bits per heavy atom. The molecule has 1 unspecified atom stereocenters. The fourth-order valence-electron chi connectivity index (χ4n) is 1.96. The number of carbonyl (C=O) groups excluding carboxylic acids is 1. The average molecular weight is 296 g/mol. The highest BCUT2D eigenvalue weighted by molar-refractivity contribution is 5.93. The summed E-state index contributed by atoms with van der Waals surface area (Å²) in [6.07, 6.45) is -0.608. The van der Waals surface area contributed by atoms with Crippen molar-refractivity contribution in [1.82, 2.24) is 4.90 Å². The number of nitrogens with one attached hydrogen (secondary N) is 1. The number of rotatable bonds is 9. The van der Waals surface area contributed by atoms with Crippen LogP contribution in [0.4, 0.5) is 5.69 Å².